The van der Waals surface area contributed by atoms with Crippen LogP contribution in [0.2, 0.25) is 0 Å². The molecule has 2 aliphatic rings. The van der Waals surface area contributed by atoms with Crippen molar-refractivity contribution in [2.45, 2.75) is 12.5 Å². The van der Waals surface area contributed by atoms with Crippen molar-refractivity contribution in [2.75, 3.05) is 12.1 Å². The van der Waals surface area contributed by atoms with Gasteiger partial charge in [-0.05, 0) is 29.8 Å². The third kappa shape index (κ3) is 1.72. The molecule has 20 heavy (non-hydrogen) atoms. The van der Waals surface area contributed by atoms with E-state index in [1.807, 2.05) is 42.5 Å². The van der Waals surface area contributed by atoms with E-state index in [4.69, 9.17) is 9.47 Å². The fraction of sp³-hybridized carbons (Fsp3) is 0.188. The van der Waals surface area contributed by atoms with Gasteiger partial charge in [-0.15, -0.1) is 0 Å². The third-order valence-electron chi connectivity index (χ3n) is 3.75. The summed E-state index contributed by atoms with van der Waals surface area (Å²) in [6.07, 6.45) is 0.455. The van der Waals surface area contributed by atoms with Crippen LogP contribution in [0.5, 0.6) is 11.5 Å². The van der Waals surface area contributed by atoms with Crippen molar-refractivity contribution in [3.8, 4) is 11.5 Å². The van der Waals surface area contributed by atoms with E-state index in [0.29, 0.717) is 6.42 Å². The number of hydrogen-bond acceptors (Lipinski definition) is 4. The first-order chi connectivity index (χ1) is 9.81. The van der Waals surface area contributed by atoms with Gasteiger partial charge in [0.1, 0.15) is 0 Å². The summed E-state index contributed by atoms with van der Waals surface area (Å²) < 4.78 is 10.7. The summed E-state index contributed by atoms with van der Waals surface area (Å²) in [6, 6.07) is 13.4. The summed E-state index contributed by atoms with van der Waals surface area (Å²) in [4.78, 5) is 12.2. The second kappa shape index (κ2) is 4.27. The van der Waals surface area contributed by atoms with Gasteiger partial charge in [-0.25, -0.2) is 0 Å². The SMILES string of the molecule is O=C1CC(c2ccc3c(c2)OCO3)Nc2ccccc21. The number of carbonyl (C=O) groups is 1. The average molecular weight is 267 g/mol. The van der Waals surface area contributed by atoms with E-state index in [0.717, 1.165) is 28.3 Å². The molecule has 2 aromatic carbocycles. The molecule has 0 aromatic heterocycles. The van der Waals surface area contributed by atoms with E-state index in [1.165, 1.54) is 0 Å². The molecule has 1 N–H and O–H groups in total. The minimum absolute atomic E-state index is 0.0214. The van der Waals surface area contributed by atoms with E-state index >= 15 is 0 Å². The molecule has 2 heterocycles. The van der Waals surface area contributed by atoms with Crippen molar-refractivity contribution in [2.24, 2.45) is 0 Å². The second-order valence-electron chi connectivity index (χ2n) is 4.98. The van der Waals surface area contributed by atoms with Gasteiger partial charge in [0.25, 0.3) is 0 Å². The lowest BCUT2D eigenvalue weighted by atomic mass is 9.92. The Morgan fingerprint density at radius 3 is 2.85 bits per heavy atom. The van der Waals surface area contributed by atoms with Crippen LogP contribution in [0, 0.1) is 0 Å². The maximum Gasteiger partial charge on any atom is 0.231 e. The molecule has 0 aliphatic carbocycles. The lowest BCUT2D eigenvalue weighted by molar-refractivity contribution is 0.0972. The fourth-order valence-electron chi connectivity index (χ4n) is 2.72. The van der Waals surface area contributed by atoms with Gasteiger partial charge in [0.15, 0.2) is 17.3 Å². The minimum Gasteiger partial charge on any atom is -0.454 e. The Balaban J connectivity index is 1.69. The Hall–Kier alpha value is -2.49. The number of ether oxygens (including phenoxy) is 2. The first-order valence-corrected chi connectivity index (χ1v) is 6.59. The number of fused-ring (bicyclic) bond motifs is 2. The normalized spacial score (nSPS) is 19.4. The molecular formula is C16H13NO3. The second-order valence-corrected chi connectivity index (χ2v) is 4.98. The summed E-state index contributed by atoms with van der Waals surface area (Å²) >= 11 is 0. The highest BCUT2D eigenvalue weighted by Gasteiger charge is 2.26. The Bertz CT molecular complexity index is 696. The van der Waals surface area contributed by atoms with Crippen molar-refractivity contribution in [3.05, 3.63) is 53.6 Å². The standard InChI is InChI=1S/C16H13NO3/c18-14-8-13(17-12-4-2-1-3-11(12)14)10-5-6-15-16(7-10)20-9-19-15/h1-7,13,17H,8-9H2. The molecule has 0 saturated heterocycles. The van der Waals surface area contributed by atoms with Crippen LogP contribution < -0.4 is 14.8 Å². The molecule has 1 atom stereocenters. The molecule has 2 aromatic rings. The van der Waals surface area contributed by atoms with Crippen LogP contribution in [0.15, 0.2) is 42.5 Å². The molecule has 0 spiro atoms. The van der Waals surface area contributed by atoms with Crippen molar-refractivity contribution in [1.82, 2.24) is 0 Å². The van der Waals surface area contributed by atoms with Crippen LogP contribution in [0.3, 0.4) is 0 Å². The summed E-state index contributed by atoms with van der Waals surface area (Å²) in [6.45, 7) is 0.263. The van der Waals surface area contributed by atoms with Crippen molar-refractivity contribution >= 4 is 11.5 Å². The van der Waals surface area contributed by atoms with E-state index in [1.54, 1.807) is 0 Å². The molecule has 0 saturated carbocycles. The summed E-state index contributed by atoms with van der Waals surface area (Å²) in [7, 11) is 0. The highest BCUT2D eigenvalue weighted by Crippen LogP contribution is 2.38. The van der Waals surface area contributed by atoms with Crippen molar-refractivity contribution < 1.29 is 14.3 Å². The number of anilines is 1. The molecule has 0 fully saturated rings. The topological polar surface area (TPSA) is 47.6 Å². The Kier molecular flexibility index (Phi) is 2.42. The fourth-order valence-corrected chi connectivity index (χ4v) is 2.72. The van der Waals surface area contributed by atoms with Crippen molar-refractivity contribution in [3.63, 3.8) is 0 Å². The minimum atomic E-state index is -0.0214. The number of carbonyl (C=O) groups excluding carboxylic acids is 1. The molecule has 2 aliphatic heterocycles. The predicted molar refractivity (Wildman–Crippen MR) is 74.3 cm³/mol. The number of benzene rings is 2. The number of nitrogens with one attached hydrogen (secondary N) is 1. The molecule has 1 unspecified atom stereocenters. The largest absolute Gasteiger partial charge is 0.454 e. The van der Waals surface area contributed by atoms with Gasteiger partial charge in [-0.3, -0.25) is 4.79 Å². The van der Waals surface area contributed by atoms with Gasteiger partial charge in [0.2, 0.25) is 6.79 Å². The van der Waals surface area contributed by atoms with E-state index < -0.39 is 0 Å². The Morgan fingerprint density at radius 1 is 1.05 bits per heavy atom. The number of Topliss-reactive ketones (excluding diaryl/α,β-unsaturated/α-hetero) is 1. The van der Waals surface area contributed by atoms with Gasteiger partial charge in [-0.1, -0.05) is 18.2 Å². The zero-order chi connectivity index (χ0) is 13.5. The van der Waals surface area contributed by atoms with Crippen LogP contribution in [-0.4, -0.2) is 12.6 Å². The summed E-state index contributed by atoms with van der Waals surface area (Å²) in [5.41, 5.74) is 2.70. The monoisotopic (exact) mass is 267 g/mol. The van der Waals surface area contributed by atoms with Crippen LogP contribution in [0.1, 0.15) is 28.4 Å². The van der Waals surface area contributed by atoms with Gasteiger partial charge in [-0.2, -0.15) is 0 Å². The third-order valence-corrected chi connectivity index (χ3v) is 3.75. The number of para-hydroxylation sites is 1. The quantitative estimate of drug-likeness (QED) is 0.862. The van der Waals surface area contributed by atoms with Gasteiger partial charge in [0.05, 0.1) is 6.04 Å². The molecule has 4 heteroatoms. The number of ketones is 1. The van der Waals surface area contributed by atoms with Gasteiger partial charge < -0.3 is 14.8 Å². The van der Waals surface area contributed by atoms with Crippen LogP contribution in [0.25, 0.3) is 0 Å². The van der Waals surface area contributed by atoms with Crippen LogP contribution in [-0.2, 0) is 0 Å². The number of hydrogen-bond donors (Lipinski definition) is 1. The molecule has 4 nitrogen and oxygen atoms in total. The van der Waals surface area contributed by atoms with Crippen LogP contribution in [0.4, 0.5) is 5.69 Å². The summed E-state index contributed by atoms with van der Waals surface area (Å²) in [5, 5.41) is 3.42. The smallest absolute Gasteiger partial charge is 0.231 e. The van der Waals surface area contributed by atoms with E-state index in [9.17, 15) is 4.79 Å². The lowest BCUT2D eigenvalue weighted by Crippen LogP contribution is -2.22. The van der Waals surface area contributed by atoms with Gasteiger partial charge >= 0.3 is 0 Å². The first-order valence-electron chi connectivity index (χ1n) is 6.59. The van der Waals surface area contributed by atoms with Crippen molar-refractivity contribution in [1.29, 1.82) is 0 Å². The molecule has 0 bridgehead atoms. The highest BCUT2D eigenvalue weighted by atomic mass is 16.7. The lowest BCUT2D eigenvalue weighted by Gasteiger charge is -2.26. The maximum absolute atomic E-state index is 12.2. The first kappa shape index (κ1) is 11.3. The maximum atomic E-state index is 12.2. The van der Waals surface area contributed by atoms with Gasteiger partial charge in [0, 0.05) is 17.7 Å². The zero-order valence-corrected chi connectivity index (χ0v) is 10.8. The average Bonchev–Trinajstić information content (AvgIpc) is 2.94. The summed E-state index contributed by atoms with van der Waals surface area (Å²) in [5.74, 6) is 1.67. The molecule has 0 radical (unpaired) electrons. The highest BCUT2D eigenvalue weighted by molar-refractivity contribution is 6.03. The molecule has 100 valence electrons. The van der Waals surface area contributed by atoms with E-state index in [2.05, 4.69) is 5.32 Å². The predicted octanol–water partition coefficient (Wildman–Crippen LogP) is 3.15. The van der Waals surface area contributed by atoms with Crippen LogP contribution >= 0.6 is 0 Å². The zero-order valence-electron chi connectivity index (χ0n) is 10.8. The molecule has 4 rings (SSSR count). The number of rotatable bonds is 1. The molecular weight excluding hydrogens is 254 g/mol. The molecule has 0 amide bonds. The Morgan fingerprint density at radius 2 is 1.90 bits per heavy atom. The van der Waals surface area contributed by atoms with E-state index in [-0.39, 0.29) is 18.6 Å². The Labute approximate surface area is 116 Å².